The summed E-state index contributed by atoms with van der Waals surface area (Å²) in [7, 11) is 0. The van der Waals surface area contributed by atoms with E-state index in [2.05, 4.69) is 216 Å². The molecular weight excluding hydrogens is 669 g/mol. The first-order valence-corrected chi connectivity index (χ1v) is 18.8. The summed E-state index contributed by atoms with van der Waals surface area (Å²) in [5.74, 6) is 0. The van der Waals surface area contributed by atoms with Crippen molar-refractivity contribution in [3.63, 3.8) is 0 Å². The van der Waals surface area contributed by atoms with Gasteiger partial charge in [-0.25, -0.2) is 0 Å². The van der Waals surface area contributed by atoms with E-state index in [1.165, 1.54) is 43.7 Å². The van der Waals surface area contributed by atoms with Gasteiger partial charge in [0.1, 0.15) is 11.2 Å². The van der Waals surface area contributed by atoms with Gasteiger partial charge in [0.25, 0.3) is 0 Å². The van der Waals surface area contributed by atoms with Crippen molar-refractivity contribution in [1.29, 1.82) is 0 Å². The number of aromatic nitrogens is 1. The Bertz CT molecular complexity index is 3180. The van der Waals surface area contributed by atoms with Gasteiger partial charge in [-0.3, -0.25) is 0 Å². The predicted molar refractivity (Wildman–Crippen MR) is 231 cm³/mol. The first kappa shape index (κ1) is 31.2. The quantitative estimate of drug-likeness (QED) is 0.172. The highest BCUT2D eigenvalue weighted by Crippen LogP contribution is 2.46. The molecule has 0 aliphatic carbocycles. The zero-order chi connectivity index (χ0) is 36.3. The van der Waals surface area contributed by atoms with Gasteiger partial charge >= 0.3 is 0 Å². The largest absolute Gasteiger partial charge is 0.455 e. The molecule has 0 aliphatic heterocycles. The van der Waals surface area contributed by atoms with Crippen LogP contribution in [0, 0.1) is 0 Å². The normalized spacial score (nSPS) is 11.6. The van der Waals surface area contributed by atoms with Gasteiger partial charge in [-0.1, -0.05) is 133 Å². The molecule has 0 fully saturated rings. The third-order valence-corrected chi connectivity index (χ3v) is 10.9. The van der Waals surface area contributed by atoms with Gasteiger partial charge in [0.2, 0.25) is 0 Å². The number of benzene rings is 9. The second kappa shape index (κ2) is 12.6. The summed E-state index contributed by atoms with van der Waals surface area (Å²) >= 11 is 0. The van der Waals surface area contributed by atoms with E-state index in [0.717, 1.165) is 55.8 Å². The van der Waals surface area contributed by atoms with E-state index < -0.39 is 0 Å². The highest BCUT2D eigenvalue weighted by Gasteiger charge is 2.22. The number of para-hydroxylation sites is 3. The molecule has 0 atom stereocenters. The fourth-order valence-electron chi connectivity index (χ4n) is 8.43. The van der Waals surface area contributed by atoms with Crippen molar-refractivity contribution in [3.05, 3.63) is 206 Å². The van der Waals surface area contributed by atoms with Gasteiger partial charge < -0.3 is 13.9 Å². The smallest absolute Gasteiger partial charge is 0.143 e. The number of rotatable bonds is 6. The van der Waals surface area contributed by atoms with Crippen molar-refractivity contribution in [2.75, 3.05) is 4.90 Å². The van der Waals surface area contributed by atoms with Crippen LogP contribution in [-0.4, -0.2) is 4.57 Å². The Morgan fingerprint density at radius 2 is 1.00 bits per heavy atom. The molecule has 0 spiro atoms. The van der Waals surface area contributed by atoms with Crippen LogP contribution in [0.1, 0.15) is 0 Å². The second-order valence-corrected chi connectivity index (χ2v) is 14.1. The Balaban J connectivity index is 1.19. The Hall–Kier alpha value is -7.36. The van der Waals surface area contributed by atoms with Crippen LogP contribution in [0.4, 0.5) is 17.1 Å². The predicted octanol–water partition coefficient (Wildman–Crippen LogP) is 14.6. The van der Waals surface area contributed by atoms with Gasteiger partial charge in [0.15, 0.2) is 0 Å². The first-order valence-electron chi connectivity index (χ1n) is 18.8. The molecule has 258 valence electrons. The zero-order valence-electron chi connectivity index (χ0n) is 29.9. The molecule has 0 saturated carbocycles. The minimum absolute atomic E-state index is 0.882. The van der Waals surface area contributed by atoms with E-state index in [1.54, 1.807) is 0 Å². The minimum atomic E-state index is 0.882. The summed E-state index contributed by atoms with van der Waals surface area (Å²) in [4.78, 5) is 2.36. The molecule has 55 heavy (non-hydrogen) atoms. The molecule has 11 aromatic rings. The van der Waals surface area contributed by atoms with Gasteiger partial charge in [-0.05, 0) is 100 Å². The third kappa shape index (κ3) is 5.13. The molecule has 0 amide bonds. The van der Waals surface area contributed by atoms with Crippen molar-refractivity contribution < 1.29 is 4.42 Å². The summed E-state index contributed by atoms with van der Waals surface area (Å²) in [5, 5.41) is 7.01. The van der Waals surface area contributed by atoms with E-state index in [4.69, 9.17) is 4.42 Å². The van der Waals surface area contributed by atoms with Gasteiger partial charge in [0, 0.05) is 49.9 Å². The Morgan fingerprint density at radius 3 is 1.80 bits per heavy atom. The van der Waals surface area contributed by atoms with Crippen molar-refractivity contribution >= 4 is 71.6 Å². The average molecular weight is 703 g/mol. The monoisotopic (exact) mass is 702 g/mol. The van der Waals surface area contributed by atoms with Gasteiger partial charge in [-0.15, -0.1) is 0 Å². The van der Waals surface area contributed by atoms with Crippen molar-refractivity contribution in [2.45, 2.75) is 0 Å². The first-order chi connectivity index (χ1) is 27.3. The molecule has 0 bridgehead atoms. The average Bonchev–Trinajstić information content (AvgIpc) is 3.81. The van der Waals surface area contributed by atoms with E-state index in [-0.39, 0.29) is 0 Å². The molecular formula is C52H34N2O. The maximum atomic E-state index is 6.91. The van der Waals surface area contributed by atoms with Crippen LogP contribution in [0.3, 0.4) is 0 Å². The lowest BCUT2D eigenvalue weighted by Crippen LogP contribution is -2.10. The number of fused-ring (bicyclic) bond motifs is 8. The van der Waals surface area contributed by atoms with Crippen LogP contribution >= 0.6 is 0 Å². The van der Waals surface area contributed by atoms with E-state index in [9.17, 15) is 0 Å². The zero-order valence-corrected chi connectivity index (χ0v) is 29.9. The number of hydrogen-bond acceptors (Lipinski definition) is 2. The molecule has 0 aliphatic rings. The lowest BCUT2D eigenvalue weighted by atomic mass is 9.97. The number of nitrogens with zero attached hydrogens (tertiary/aromatic N) is 2. The molecule has 0 radical (unpaired) electrons. The Morgan fingerprint density at radius 1 is 0.382 bits per heavy atom. The summed E-state index contributed by atoms with van der Waals surface area (Å²) in [6.07, 6.45) is 0. The summed E-state index contributed by atoms with van der Waals surface area (Å²) in [6.45, 7) is 0. The van der Waals surface area contributed by atoms with Gasteiger partial charge in [-0.2, -0.15) is 0 Å². The summed E-state index contributed by atoms with van der Waals surface area (Å²) in [5.41, 5.74) is 13.0. The highest BCUT2D eigenvalue weighted by molar-refractivity contribution is 6.22. The number of hydrogen-bond donors (Lipinski definition) is 0. The molecule has 11 rings (SSSR count). The maximum Gasteiger partial charge on any atom is 0.143 e. The SMILES string of the molecule is c1ccc(-c2ccc(N(c3ccccc3)c3cc(-c4ccc5c(c4)c4ccccc4n5-c4ccccc4)c4oc5ccc6ccccc6c5c4c3)cc2)cc1. The Kier molecular flexibility index (Phi) is 7.17. The minimum Gasteiger partial charge on any atom is -0.455 e. The van der Waals surface area contributed by atoms with Crippen molar-refractivity contribution in [1.82, 2.24) is 4.57 Å². The fraction of sp³-hybridized carbons (Fsp3) is 0. The third-order valence-electron chi connectivity index (χ3n) is 10.9. The van der Waals surface area contributed by atoms with Crippen LogP contribution in [0.15, 0.2) is 211 Å². The van der Waals surface area contributed by atoms with Crippen LogP contribution in [-0.2, 0) is 0 Å². The van der Waals surface area contributed by atoms with E-state index >= 15 is 0 Å². The fourth-order valence-corrected chi connectivity index (χ4v) is 8.43. The van der Waals surface area contributed by atoms with E-state index in [0.29, 0.717) is 0 Å². The van der Waals surface area contributed by atoms with Crippen molar-refractivity contribution in [2.24, 2.45) is 0 Å². The van der Waals surface area contributed by atoms with Crippen LogP contribution in [0.2, 0.25) is 0 Å². The molecule has 2 heterocycles. The molecule has 2 aromatic heterocycles. The summed E-state index contributed by atoms with van der Waals surface area (Å²) in [6, 6.07) is 73.8. The molecule has 3 nitrogen and oxygen atoms in total. The van der Waals surface area contributed by atoms with Crippen LogP contribution in [0.5, 0.6) is 0 Å². The molecule has 9 aromatic carbocycles. The van der Waals surface area contributed by atoms with Crippen LogP contribution < -0.4 is 4.90 Å². The topological polar surface area (TPSA) is 21.3 Å². The molecule has 0 unspecified atom stereocenters. The van der Waals surface area contributed by atoms with Crippen LogP contribution in [0.25, 0.3) is 82.5 Å². The number of furan rings is 1. The molecule has 0 saturated heterocycles. The molecule has 3 heteroatoms. The standard InChI is InChI=1S/C52H34N2O/c1-4-14-35(15-5-1)36-24-28-41(29-25-36)53(39-17-6-2-7-18-39)42-33-45(52-47(34-42)51-43-21-11-10-16-37(43)27-31-50(51)55-52)38-26-30-49-46(32-38)44-22-12-13-23-48(44)54(49)40-19-8-3-9-20-40/h1-34H. The Labute approximate surface area is 318 Å². The van der Waals surface area contributed by atoms with E-state index in [1.807, 2.05) is 0 Å². The number of anilines is 3. The lowest BCUT2D eigenvalue weighted by molar-refractivity contribution is 0.670. The van der Waals surface area contributed by atoms with Crippen molar-refractivity contribution in [3.8, 4) is 27.9 Å². The van der Waals surface area contributed by atoms with Gasteiger partial charge in [0.05, 0.1) is 11.0 Å². The lowest BCUT2D eigenvalue weighted by Gasteiger charge is -2.26. The summed E-state index contributed by atoms with van der Waals surface area (Å²) < 4.78 is 9.27. The highest BCUT2D eigenvalue weighted by atomic mass is 16.3. The molecule has 0 N–H and O–H groups in total. The second-order valence-electron chi connectivity index (χ2n) is 14.1. The maximum absolute atomic E-state index is 6.91.